The number of carbonyl (C=O) groups is 1. The first-order valence-electron chi connectivity index (χ1n) is 6.27. The fourth-order valence-corrected chi connectivity index (χ4v) is 2.35. The molecule has 106 valence electrons. The third-order valence-corrected chi connectivity index (χ3v) is 3.60. The summed E-state index contributed by atoms with van der Waals surface area (Å²) in [4.78, 5) is 16.0. The molecular weight excluding hydrogens is 297 g/mol. The van der Waals surface area contributed by atoms with Crippen molar-refractivity contribution in [2.45, 2.75) is 19.9 Å². The Morgan fingerprint density at radius 2 is 2.20 bits per heavy atom. The molecular formula is C14H15Cl2N3O. The molecule has 0 aliphatic heterocycles. The normalized spacial score (nSPS) is 10.6. The van der Waals surface area contributed by atoms with Crippen molar-refractivity contribution in [3.63, 3.8) is 0 Å². The van der Waals surface area contributed by atoms with Gasteiger partial charge in [-0.25, -0.2) is 4.98 Å². The second-order valence-electron chi connectivity index (χ2n) is 4.47. The van der Waals surface area contributed by atoms with E-state index < -0.39 is 0 Å². The topological polar surface area (TPSA) is 46.9 Å². The van der Waals surface area contributed by atoms with Crippen LogP contribution in [0.5, 0.6) is 0 Å². The zero-order chi connectivity index (χ0) is 14.5. The van der Waals surface area contributed by atoms with Gasteiger partial charge in [0.15, 0.2) is 0 Å². The molecule has 0 spiro atoms. The summed E-state index contributed by atoms with van der Waals surface area (Å²) >= 11 is 11.9. The number of hydrogen-bond acceptors (Lipinski definition) is 2. The Labute approximate surface area is 127 Å². The number of aromatic nitrogens is 2. The molecule has 2 rings (SSSR count). The van der Waals surface area contributed by atoms with E-state index in [1.807, 2.05) is 10.8 Å². The fourth-order valence-electron chi connectivity index (χ4n) is 1.86. The van der Waals surface area contributed by atoms with Crippen molar-refractivity contribution in [2.75, 3.05) is 6.54 Å². The van der Waals surface area contributed by atoms with E-state index in [1.54, 1.807) is 31.6 Å². The number of imidazole rings is 1. The summed E-state index contributed by atoms with van der Waals surface area (Å²) in [6.07, 6.45) is 6.21. The summed E-state index contributed by atoms with van der Waals surface area (Å²) < 4.78 is 1.97. The van der Waals surface area contributed by atoms with E-state index in [1.165, 1.54) is 0 Å². The first kappa shape index (κ1) is 14.9. The second kappa shape index (κ2) is 6.77. The largest absolute Gasteiger partial charge is 0.352 e. The number of rotatable bonds is 5. The van der Waals surface area contributed by atoms with Gasteiger partial charge in [0.1, 0.15) is 0 Å². The molecule has 0 aliphatic carbocycles. The molecule has 0 fully saturated rings. The number of nitrogens with one attached hydrogen (secondary N) is 1. The molecule has 2 aromatic rings. The minimum Gasteiger partial charge on any atom is -0.352 e. The van der Waals surface area contributed by atoms with Gasteiger partial charge < -0.3 is 9.88 Å². The van der Waals surface area contributed by atoms with E-state index in [0.717, 1.165) is 18.5 Å². The average Bonchev–Trinajstić information content (AvgIpc) is 2.91. The van der Waals surface area contributed by atoms with Crippen LogP contribution in [0.25, 0.3) is 0 Å². The molecule has 0 saturated heterocycles. The highest BCUT2D eigenvalue weighted by molar-refractivity contribution is 6.35. The van der Waals surface area contributed by atoms with Gasteiger partial charge in [0.2, 0.25) is 0 Å². The maximum atomic E-state index is 12.1. The summed E-state index contributed by atoms with van der Waals surface area (Å²) in [5.74, 6) is -0.155. The van der Waals surface area contributed by atoms with Gasteiger partial charge in [0.05, 0.1) is 6.33 Å². The molecule has 0 bridgehead atoms. The Morgan fingerprint density at radius 1 is 1.40 bits per heavy atom. The Hall–Kier alpha value is -1.52. The van der Waals surface area contributed by atoms with Gasteiger partial charge in [-0.3, -0.25) is 4.79 Å². The summed E-state index contributed by atoms with van der Waals surface area (Å²) in [6.45, 7) is 3.20. The van der Waals surface area contributed by atoms with Gasteiger partial charge in [-0.1, -0.05) is 23.2 Å². The van der Waals surface area contributed by atoms with Gasteiger partial charge >= 0.3 is 0 Å². The van der Waals surface area contributed by atoms with Crippen LogP contribution in [0.3, 0.4) is 0 Å². The van der Waals surface area contributed by atoms with Crippen molar-refractivity contribution in [3.05, 3.63) is 52.0 Å². The number of amides is 1. The lowest BCUT2D eigenvalue weighted by Crippen LogP contribution is -2.26. The smallest absolute Gasteiger partial charge is 0.251 e. The number of benzene rings is 1. The van der Waals surface area contributed by atoms with Gasteiger partial charge in [0, 0.05) is 41.1 Å². The van der Waals surface area contributed by atoms with E-state index in [9.17, 15) is 4.79 Å². The number of halogens is 2. The van der Waals surface area contributed by atoms with Crippen LogP contribution in [0.2, 0.25) is 10.0 Å². The van der Waals surface area contributed by atoms with E-state index >= 15 is 0 Å². The summed E-state index contributed by atoms with van der Waals surface area (Å²) in [5, 5.41) is 3.83. The van der Waals surface area contributed by atoms with Crippen LogP contribution in [0.4, 0.5) is 0 Å². The Bertz CT molecular complexity index is 597. The summed E-state index contributed by atoms with van der Waals surface area (Å²) in [7, 11) is 0. The van der Waals surface area contributed by atoms with E-state index in [4.69, 9.17) is 23.2 Å². The second-order valence-corrected chi connectivity index (χ2v) is 5.31. The van der Waals surface area contributed by atoms with Gasteiger partial charge in [-0.05, 0) is 31.0 Å². The standard InChI is InChI=1S/C14H15Cl2N3O/c1-10-12(7-11(15)8-13(10)16)14(20)18-3-2-5-19-6-4-17-9-19/h4,6-9H,2-3,5H2,1H3,(H,18,20). The Balaban J connectivity index is 1.89. The quantitative estimate of drug-likeness (QED) is 0.861. The van der Waals surface area contributed by atoms with Crippen LogP contribution in [0.1, 0.15) is 22.3 Å². The highest BCUT2D eigenvalue weighted by Crippen LogP contribution is 2.24. The highest BCUT2D eigenvalue weighted by Gasteiger charge is 2.12. The monoisotopic (exact) mass is 311 g/mol. The molecule has 4 nitrogen and oxygen atoms in total. The van der Waals surface area contributed by atoms with Gasteiger partial charge in [-0.2, -0.15) is 0 Å². The lowest BCUT2D eigenvalue weighted by molar-refractivity contribution is 0.0952. The molecule has 1 amide bonds. The molecule has 0 saturated carbocycles. The van der Waals surface area contributed by atoms with Crippen LogP contribution >= 0.6 is 23.2 Å². The number of aryl methyl sites for hydroxylation is 1. The Morgan fingerprint density at radius 3 is 2.90 bits per heavy atom. The lowest BCUT2D eigenvalue weighted by Gasteiger charge is -2.09. The zero-order valence-electron chi connectivity index (χ0n) is 11.1. The minimum atomic E-state index is -0.155. The van der Waals surface area contributed by atoms with Crippen molar-refractivity contribution in [1.82, 2.24) is 14.9 Å². The molecule has 1 heterocycles. The fraction of sp³-hybridized carbons (Fsp3) is 0.286. The molecule has 6 heteroatoms. The predicted molar refractivity (Wildman–Crippen MR) is 80.4 cm³/mol. The van der Waals surface area contributed by atoms with Crippen molar-refractivity contribution in [3.8, 4) is 0 Å². The highest BCUT2D eigenvalue weighted by atomic mass is 35.5. The maximum absolute atomic E-state index is 12.1. The molecule has 0 aliphatic rings. The lowest BCUT2D eigenvalue weighted by atomic mass is 10.1. The third kappa shape index (κ3) is 3.74. The molecule has 20 heavy (non-hydrogen) atoms. The first-order chi connectivity index (χ1) is 9.58. The van der Waals surface area contributed by atoms with Crippen LogP contribution in [-0.2, 0) is 6.54 Å². The van der Waals surface area contributed by atoms with E-state index in [-0.39, 0.29) is 5.91 Å². The third-order valence-electron chi connectivity index (χ3n) is 2.99. The van der Waals surface area contributed by atoms with Crippen LogP contribution < -0.4 is 5.32 Å². The van der Waals surface area contributed by atoms with Crippen LogP contribution in [0.15, 0.2) is 30.9 Å². The predicted octanol–water partition coefficient (Wildman–Crippen LogP) is 3.32. The van der Waals surface area contributed by atoms with E-state index in [2.05, 4.69) is 10.3 Å². The first-order valence-corrected chi connectivity index (χ1v) is 7.03. The van der Waals surface area contributed by atoms with Gasteiger partial charge in [0.25, 0.3) is 5.91 Å². The van der Waals surface area contributed by atoms with Crippen molar-refractivity contribution in [1.29, 1.82) is 0 Å². The van der Waals surface area contributed by atoms with Crippen LogP contribution in [0, 0.1) is 6.92 Å². The van der Waals surface area contributed by atoms with Crippen LogP contribution in [-0.4, -0.2) is 22.0 Å². The molecule has 0 unspecified atom stereocenters. The summed E-state index contributed by atoms with van der Waals surface area (Å²) in [6, 6.07) is 3.27. The molecule has 0 radical (unpaired) electrons. The van der Waals surface area contributed by atoms with E-state index in [0.29, 0.717) is 22.2 Å². The average molecular weight is 312 g/mol. The molecule has 1 aromatic heterocycles. The molecule has 1 aromatic carbocycles. The zero-order valence-corrected chi connectivity index (χ0v) is 12.6. The molecule has 1 N–H and O–H groups in total. The number of nitrogens with zero attached hydrogens (tertiary/aromatic N) is 2. The minimum absolute atomic E-state index is 0.155. The van der Waals surface area contributed by atoms with Gasteiger partial charge in [-0.15, -0.1) is 0 Å². The van der Waals surface area contributed by atoms with Crippen molar-refractivity contribution < 1.29 is 4.79 Å². The maximum Gasteiger partial charge on any atom is 0.251 e. The van der Waals surface area contributed by atoms with Crippen molar-refractivity contribution in [2.24, 2.45) is 0 Å². The molecule has 0 atom stereocenters. The number of hydrogen-bond donors (Lipinski definition) is 1. The Kier molecular flexibility index (Phi) is 5.04. The summed E-state index contributed by atoms with van der Waals surface area (Å²) in [5.41, 5.74) is 1.26. The SMILES string of the molecule is Cc1c(Cl)cc(Cl)cc1C(=O)NCCCn1ccnc1. The van der Waals surface area contributed by atoms with Crippen molar-refractivity contribution >= 4 is 29.1 Å². The number of carbonyl (C=O) groups excluding carboxylic acids is 1.